The summed E-state index contributed by atoms with van der Waals surface area (Å²) in [5.41, 5.74) is 0. The van der Waals surface area contributed by atoms with Gasteiger partial charge >= 0.3 is 23.9 Å². The van der Waals surface area contributed by atoms with E-state index in [9.17, 15) is 34.5 Å². The SMILES string of the molecule is CC/C=C\C/C=C\C/C=C\C/C=C\C/C=C\CCCC(=O)OCC(COC1OC(C(=O)O)C(O)C(O)C1OC(=O)CCCCCCCCCCC/C=C\C/C=C\CCCCC)OC(=O)CCCCCCC/C=C\CCCC. The molecule has 12 nitrogen and oxygen atoms in total. The fourth-order valence-corrected chi connectivity index (χ4v) is 8.47. The van der Waals surface area contributed by atoms with Gasteiger partial charge in [-0.15, -0.1) is 0 Å². The molecule has 1 fully saturated rings. The maximum atomic E-state index is 13.1. The van der Waals surface area contributed by atoms with Crippen molar-refractivity contribution in [2.75, 3.05) is 13.2 Å². The predicted molar refractivity (Wildman–Crippen MR) is 312 cm³/mol. The molecule has 1 heterocycles. The van der Waals surface area contributed by atoms with Gasteiger partial charge in [0.15, 0.2) is 24.6 Å². The molecule has 12 heteroatoms. The first kappa shape index (κ1) is 70.7. The van der Waals surface area contributed by atoms with E-state index < -0.39 is 67.3 Å². The quantitative estimate of drug-likeness (QED) is 0.0228. The number of esters is 3. The highest BCUT2D eigenvalue weighted by atomic mass is 16.7. The molecular weight excluding hydrogens is 973 g/mol. The molecule has 0 aliphatic carbocycles. The van der Waals surface area contributed by atoms with Gasteiger partial charge in [-0.1, -0.05) is 208 Å². The lowest BCUT2D eigenvalue weighted by molar-refractivity contribution is -0.301. The summed E-state index contributed by atoms with van der Waals surface area (Å²) in [7, 11) is 0. The fraction of sp³-hybridized carbons (Fsp3) is 0.692. The Morgan fingerprint density at radius 3 is 1.34 bits per heavy atom. The van der Waals surface area contributed by atoms with Crippen LogP contribution in [0, 0.1) is 0 Å². The first-order valence-corrected chi connectivity index (χ1v) is 30.2. The number of aliphatic hydroxyl groups excluding tert-OH is 2. The summed E-state index contributed by atoms with van der Waals surface area (Å²) >= 11 is 0. The van der Waals surface area contributed by atoms with Crippen molar-refractivity contribution >= 4 is 23.9 Å². The Kier molecular flexibility index (Phi) is 48.0. The highest BCUT2D eigenvalue weighted by Crippen LogP contribution is 2.26. The molecule has 1 aliphatic heterocycles. The smallest absolute Gasteiger partial charge is 0.335 e. The maximum absolute atomic E-state index is 13.1. The number of unbranched alkanes of at least 4 members (excludes halogenated alkanes) is 20. The van der Waals surface area contributed by atoms with Crippen molar-refractivity contribution in [2.45, 2.75) is 276 Å². The Hall–Kier alpha value is -4.36. The zero-order valence-corrected chi connectivity index (χ0v) is 48.2. The van der Waals surface area contributed by atoms with Crippen molar-refractivity contribution in [2.24, 2.45) is 0 Å². The number of aliphatic hydroxyl groups is 2. The van der Waals surface area contributed by atoms with E-state index in [-0.39, 0.29) is 25.9 Å². The topological polar surface area (TPSA) is 175 Å². The number of carbonyl (C=O) groups excluding carboxylic acids is 3. The lowest BCUT2D eigenvalue weighted by Crippen LogP contribution is -2.61. The molecule has 0 amide bonds. The zero-order chi connectivity index (χ0) is 56.1. The molecule has 1 saturated heterocycles. The second kappa shape index (κ2) is 52.3. The maximum Gasteiger partial charge on any atom is 0.335 e. The van der Waals surface area contributed by atoms with Gasteiger partial charge in [0.2, 0.25) is 0 Å². The van der Waals surface area contributed by atoms with Crippen LogP contribution >= 0.6 is 0 Å². The first-order chi connectivity index (χ1) is 37.6. The van der Waals surface area contributed by atoms with E-state index in [0.29, 0.717) is 25.7 Å². The van der Waals surface area contributed by atoms with Gasteiger partial charge in [0.25, 0.3) is 0 Å². The first-order valence-electron chi connectivity index (χ1n) is 30.2. The second-order valence-corrected chi connectivity index (χ2v) is 20.2. The van der Waals surface area contributed by atoms with Crippen molar-refractivity contribution < 1.29 is 58.2 Å². The van der Waals surface area contributed by atoms with Crippen LogP contribution in [0.1, 0.15) is 239 Å². The molecule has 0 bridgehead atoms. The van der Waals surface area contributed by atoms with Crippen LogP contribution in [0.25, 0.3) is 0 Å². The summed E-state index contributed by atoms with van der Waals surface area (Å²) < 4.78 is 28.4. The normalized spacial score (nSPS) is 18.7. The minimum Gasteiger partial charge on any atom is -0.479 e. The molecule has 6 atom stereocenters. The van der Waals surface area contributed by atoms with Crippen molar-refractivity contribution in [3.8, 4) is 0 Å². The lowest BCUT2D eigenvalue weighted by atomic mass is 9.98. The van der Waals surface area contributed by atoms with Gasteiger partial charge in [-0.05, 0) is 109 Å². The molecule has 0 aromatic heterocycles. The summed E-state index contributed by atoms with van der Waals surface area (Å²) in [6, 6.07) is 0. The molecule has 0 spiro atoms. The van der Waals surface area contributed by atoms with Gasteiger partial charge in [0.05, 0.1) is 6.61 Å². The Morgan fingerprint density at radius 2 is 0.844 bits per heavy atom. The summed E-state index contributed by atoms with van der Waals surface area (Å²) in [6.07, 6.45) is 56.7. The van der Waals surface area contributed by atoms with E-state index in [2.05, 4.69) is 112 Å². The van der Waals surface area contributed by atoms with Crippen LogP contribution in [-0.2, 0) is 42.9 Å². The minimum absolute atomic E-state index is 0.0456. The molecular formula is C65H106O12. The van der Waals surface area contributed by atoms with E-state index in [0.717, 1.165) is 109 Å². The number of hydrogen-bond donors (Lipinski definition) is 3. The number of carboxylic acids is 1. The molecule has 6 unspecified atom stereocenters. The van der Waals surface area contributed by atoms with Crippen LogP contribution in [-0.4, -0.2) is 89.2 Å². The summed E-state index contributed by atoms with van der Waals surface area (Å²) in [6.45, 7) is 5.75. The largest absolute Gasteiger partial charge is 0.479 e. The number of rotatable bonds is 50. The van der Waals surface area contributed by atoms with Crippen LogP contribution in [0.3, 0.4) is 0 Å². The predicted octanol–water partition coefficient (Wildman–Crippen LogP) is 15.7. The number of aliphatic carboxylic acids is 1. The van der Waals surface area contributed by atoms with Crippen LogP contribution in [0.15, 0.2) is 97.2 Å². The van der Waals surface area contributed by atoms with E-state index in [1.807, 2.05) is 6.08 Å². The fourth-order valence-electron chi connectivity index (χ4n) is 8.47. The lowest BCUT2D eigenvalue weighted by Gasteiger charge is -2.40. The number of hydrogen-bond acceptors (Lipinski definition) is 11. The molecule has 77 heavy (non-hydrogen) atoms. The number of allylic oxidation sites excluding steroid dienone is 16. The highest BCUT2D eigenvalue weighted by Gasteiger charge is 2.50. The molecule has 1 rings (SSSR count). The van der Waals surface area contributed by atoms with Gasteiger partial charge < -0.3 is 39.0 Å². The third-order valence-electron chi connectivity index (χ3n) is 13.1. The van der Waals surface area contributed by atoms with Gasteiger partial charge in [-0.25, -0.2) is 4.79 Å². The zero-order valence-electron chi connectivity index (χ0n) is 48.2. The van der Waals surface area contributed by atoms with Crippen molar-refractivity contribution in [1.82, 2.24) is 0 Å². The summed E-state index contributed by atoms with van der Waals surface area (Å²) in [5.74, 6) is -3.22. The van der Waals surface area contributed by atoms with Crippen molar-refractivity contribution in [3.05, 3.63) is 97.2 Å². The number of carboxylic acid groups (broad SMARTS) is 1. The van der Waals surface area contributed by atoms with Gasteiger partial charge in [-0.2, -0.15) is 0 Å². The number of carbonyl (C=O) groups is 4. The molecule has 0 radical (unpaired) electrons. The Morgan fingerprint density at radius 1 is 0.442 bits per heavy atom. The van der Waals surface area contributed by atoms with E-state index in [4.69, 9.17) is 23.7 Å². The van der Waals surface area contributed by atoms with Crippen LogP contribution in [0.5, 0.6) is 0 Å². The van der Waals surface area contributed by atoms with Crippen molar-refractivity contribution in [1.29, 1.82) is 0 Å². The molecule has 0 saturated carbocycles. The Balaban J connectivity index is 2.69. The minimum atomic E-state index is -1.92. The third-order valence-corrected chi connectivity index (χ3v) is 13.1. The molecule has 3 N–H and O–H groups in total. The average Bonchev–Trinajstić information content (AvgIpc) is 3.41. The van der Waals surface area contributed by atoms with Crippen LogP contribution < -0.4 is 0 Å². The Labute approximate surface area is 466 Å². The van der Waals surface area contributed by atoms with E-state index in [1.165, 1.54) is 64.2 Å². The average molecular weight is 1080 g/mol. The van der Waals surface area contributed by atoms with E-state index >= 15 is 0 Å². The third kappa shape index (κ3) is 42.3. The van der Waals surface area contributed by atoms with Gasteiger partial charge in [0.1, 0.15) is 18.8 Å². The van der Waals surface area contributed by atoms with Crippen molar-refractivity contribution in [3.63, 3.8) is 0 Å². The molecule has 438 valence electrons. The van der Waals surface area contributed by atoms with E-state index in [1.54, 1.807) is 0 Å². The van der Waals surface area contributed by atoms with Gasteiger partial charge in [-0.3, -0.25) is 14.4 Å². The monoisotopic (exact) mass is 1080 g/mol. The highest BCUT2D eigenvalue weighted by molar-refractivity contribution is 5.74. The Bertz CT molecular complexity index is 1710. The summed E-state index contributed by atoms with van der Waals surface area (Å²) in [5, 5.41) is 31.5. The summed E-state index contributed by atoms with van der Waals surface area (Å²) in [4.78, 5) is 51.1. The number of ether oxygens (including phenoxy) is 5. The molecule has 1 aliphatic rings. The van der Waals surface area contributed by atoms with Crippen LogP contribution in [0.2, 0.25) is 0 Å². The van der Waals surface area contributed by atoms with Gasteiger partial charge in [0, 0.05) is 19.3 Å². The standard InChI is InChI=1S/C65H106O12/c1-4-7-10-13-16-19-22-24-26-28-29-31-33-35-38-41-44-47-50-53-59(68)76-63-61(70)60(69)62(64(71)72)77-65(63)74-55-56(75-58(67)52-49-46-43-40-36-21-18-15-12-9-6-3)54-73-57(66)51-48-45-42-39-37-34-32-30-27-25-23-20-17-14-11-8-5-2/h8,11,15-20,24-27,32,34,39,42,56,60-63,65,69-70H,4-7,9-10,12-14,21-23,28-31,33,35-38,40-41,43-55H2,1-3H3,(H,71,72)/b11-8-,18-15-,19-16-,20-17-,26-24-,27-25-,34-32-,42-39-. The van der Waals surface area contributed by atoms with Crippen LogP contribution in [0.4, 0.5) is 0 Å². The molecule has 0 aromatic carbocycles. The second-order valence-electron chi connectivity index (χ2n) is 20.2. The molecule has 0 aromatic rings.